The molecule has 1 saturated heterocycles. The molecule has 4 rings (SSSR count). The molecule has 7 nitrogen and oxygen atoms in total. The highest BCUT2D eigenvalue weighted by atomic mass is 32.1. The number of methoxy groups -OCH3 is 1. The smallest absolute Gasteiger partial charge is 0.224 e. The molecule has 0 spiro atoms. The zero-order valence-electron chi connectivity index (χ0n) is 16.9. The number of anilines is 1. The van der Waals surface area contributed by atoms with E-state index >= 15 is 0 Å². The fourth-order valence-corrected chi connectivity index (χ4v) is 4.54. The van der Waals surface area contributed by atoms with Crippen LogP contribution in [-0.2, 0) is 9.53 Å². The molecule has 1 amide bonds. The number of aryl methyl sites for hydroxylation is 1. The van der Waals surface area contributed by atoms with Gasteiger partial charge in [0.15, 0.2) is 0 Å². The molecule has 3 heterocycles. The molecule has 1 atom stereocenters. The second-order valence-corrected chi connectivity index (χ2v) is 8.46. The van der Waals surface area contributed by atoms with Gasteiger partial charge in [0.05, 0.1) is 17.8 Å². The van der Waals surface area contributed by atoms with Gasteiger partial charge in [0, 0.05) is 38.9 Å². The van der Waals surface area contributed by atoms with Crippen molar-refractivity contribution < 1.29 is 9.53 Å². The van der Waals surface area contributed by atoms with Gasteiger partial charge in [-0.1, -0.05) is 41.2 Å². The van der Waals surface area contributed by atoms with Crippen LogP contribution in [0.4, 0.5) is 5.13 Å². The van der Waals surface area contributed by atoms with Gasteiger partial charge in [-0.05, 0) is 26.2 Å². The number of piperidine rings is 1. The zero-order chi connectivity index (χ0) is 20.2. The van der Waals surface area contributed by atoms with Crippen LogP contribution in [0, 0.1) is 12.8 Å². The number of hydrogen-bond donors (Lipinski definition) is 1. The van der Waals surface area contributed by atoms with E-state index in [0.717, 1.165) is 47.2 Å². The molecule has 1 aliphatic heterocycles. The Labute approximate surface area is 174 Å². The summed E-state index contributed by atoms with van der Waals surface area (Å²) >= 11 is 1.58. The lowest BCUT2D eigenvalue weighted by Crippen LogP contribution is -2.43. The van der Waals surface area contributed by atoms with Gasteiger partial charge in [-0.2, -0.15) is 0 Å². The number of carbonyl (C=O) groups excluding carboxylic acids is 1. The van der Waals surface area contributed by atoms with Crippen LogP contribution in [0.1, 0.15) is 24.8 Å². The number of ether oxygens (including phenoxy) is 1. The quantitative estimate of drug-likeness (QED) is 0.603. The molecular formula is C21H27N5O2S. The van der Waals surface area contributed by atoms with Crippen LogP contribution in [0.3, 0.4) is 0 Å². The first-order valence-corrected chi connectivity index (χ1v) is 10.9. The van der Waals surface area contributed by atoms with E-state index in [1.807, 2.05) is 10.7 Å². The summed E-state index contributed by atoms with van der Waals surface area (Å²) in [6.07, 6.45) is 4.73. The van der Waals surface area contributed by atoms with Gasteiger partial charge in [-0.15, -0.1) is 5.10 Å². The maximum Gasteiger partial charge on any atom is 0.224 e. The number of nitrogens with one attached hydrogen (secondary N) is 1. The summed E-state index contributed by atoms with van der Waals surface area (Å²) in [5, 5.41) is 8.69. The van der Waals surface area contributed by atoms with E-state index in [0.29, 0.717) is 19.7 Å². The molecule has 1 aromatic carbocycles. The third-order valence-electron chi connectivity index (χ3n) is 5.27. The van der Waals surface area contributed by atoms with Gasteiger partial charge in [0.25, 0.3) is 0 Å². The molecule has 2 aromatic heterocycles. The van der Waals surface area contributed by atoms with Gasteiger partial charge in [0.1, 0.15) is 0 Å². The number of benzene rings is 1. The number of carbonyl (C=O) groups is 1. The minimum atomic E-state index is 0.00522. The van der Waals surface area contributed by atoms with Gasteiger partial charge in [-0.25, -0.2) is 9.50 Å². The van der Waals surface area contributed by atoms with Crippen LogP contribution in [0.2, 0.25) is 0 Å². The highest BCUT2D eigenvalue weighted by Gasteiger charge is 2.27. The lowest BCUT2D eigenvalue weighted by Gasteiger charge is -2.31. The molecule has 0 aliphatic carbocycles. The predicted octanol–water partition coefficient (Wildman–Crippen LogP) is 3.14. The Morgan fingerprint density at radius 2 is 2.17 bits per heavy atom. The van der Waals surface area contributed by atoms with E-state index in [2.05, 4.69) is 41.4 Å². The van der Waals surface area contributed by atoms with Crippen molar-refractivity contribution in [3.05, 3.63) is 36.0 Å². The topological polar surface area (TPSA) is 71.8 Å². The standard InChI is InChI=1S/C21H27N5O2S/c1-15-6-8-16(9-7-15)18-14-26-20(23-18)29-21(24-26)25-11-3-5-17(13-25)19(27)22-10-4-12-28-2/h6-9,14,17H,3-5,10-13H2,1-2H3,(H,22,27)/t17-/m1/s1. The van der Waals surface area contributed by atoms with Crippen molar-refractivity contribution in [2.45, 2.75) is 26.2 Å². The van der Waals surface area contributed by atoms with Crippen molar-refractivity contribution in [2.24, 2.45) is 5.92 Å². The van der Waals surface area contributed by atoms with E-state index in [1.165, 1.54) is 5.56 Å². The highest BCUT2D eigenvalue weighted by Crippen LogP contribution is 2.29. The first-order chi connectivity index (χ1) is 14.1. The van der Waals surface area contributed by atoms with E-state index in [1.54, 1.807) is 18.4 Å². The maximum atomic E-state index is 12.5. The fraction of sp³-hybridized carbons (Fsp3) is 0.476. The van der Waals surface area contributed by atoms with Crippen LogP contribution in [0.5, 0.6) is 0 Å². The Balaban J connectivity index is 1.42. The van der Waals surface area contributed by atoms with E-state index in [9.17, 15) is 4.79 Å². The van der Waals surface area contributed by atoms with Gasteiger partial charge >= 0.3 is 0 Å². The number of aromatic nitrogens is 3. The Morgan fingerprint density at radius 3 is 2.93 bits per heavy atom. The lowest BCUT2D eigenvalue weighted by atomic mass is 9.97. The van der Waals surface area contributed by atoms with Crippen LogP contribution in [0.25, 0.3) is 16.2 Å². The Morgan fingerprint density at radius 1 is 1.34 bits per heavy atom. The third-order valence-corrected chi connectivity index (χ3v) is 6.25. The van der Waals surface area contributed by atoms with E-state index < -0.39 is 0 Å². The van der Waals surface area contributed by atoms with Crippen LogP contribution >= 0.6 is 11.3 Å². The molecule has 3 aromatic rings. The van der Waals surface area contributed by atoms with Gasteiger partial charge in [0.2, 0.25) is 16.0 Å². The molecule has 0 unspecified atom stereocenters. The Hall–Kier alpha value is -2.45. The molecule has 1 fully saturated rings. The van der Waals surface area contributed by atoms with Crippen molar-refractivity contribution in [3.63, 3.8) is 0 Å². The monoisotopic (exact) mass is 413 g/mol. The number of fused-ring (bicyclic) bond motifs is 1. The number of rotatable bonds is 7. The molecule has 154 valence electrons. The Bertz CT molecular complexity index is 934. The largest absolute Gasteiger partial charge is 0.385 e. The second-order valence-electron chi connectivity index (χ2n) is 7.53. The zero-order valence-corrected chi connectivity index (χ0v) is 17.7. The molecular weight excluding hydrogens is 386 g/mol. The average molecular weight is 414 g/mol. The van der Waals surface area contributed by atoms with E-state index in [-0.39, 0.29) is 11.8 Å². The number of nitrogens with zero attached hydrogens (tertiary/aromatic N) is 4. The van der Waals surface area contributed by atoms with Crippen molar-refractivity contribution in [2.75, 3.05) is 38.3 Å². The third kappa shape index (κ3) is 4.59. The summed E-state index contributed by atoms with van der Waals surface area (Å²) in [6, 6.07) is 8.36. The van der Waals surface area contributed by atoms with E-state index in [4.69, 9.17) is 14.8 Å². The molecule has 29 heavy (non-hydrogen) atoms. The molecule has 1 N–H and O–H groups in total. The van der Waals surface area contributed by atoms with Gasteiger partial charge < -0.3 is 15.0 Å². The summed E-state index contributed by atoms with van der Waals surface area (Å²) in [6.45, 7) is 5.04. The van der Waals surface area contributed by atoms with Crippen molar-refractivity contribution in [3.8, 4) is 11.3 Å². The predicted molar refractivity (Wildman–Crippen MR) is 115 cm³/mol. The summed E-state index contributed by atoms with van der Waals surface area (Å²) in [7, 11) is 1.68. The summed E-state index contributed by atoms with van der Waals surface area (Å²) in [5.41, 5.74) is 3.26. The summed E-state index contributed by atoms with van der Waals surface area (Å²) in [4.78, 5) is 20.3. The van der Waals surface area contributed by atoms with Crippen LogP contribution < -0.4 is 10.2 Å². The summed E-state index contributed by atoms with van der Waals surface area (Å²) in [5.74, 6) is 0.138. The van der Waals surface area contributed by atoms with Crippen LogP contribution in [-0.4, -0.2) is 53.9 Å². The summed E-state index contributed by atoms with van der Waals surface area (Å²) < 4.78 is 6.88. The number of imidazole rings is 1. The lowest BCUT2D eigenvalue weighted by molar-refractivity contribution is -0.125. The first kappa shape index (κ1) is 19.8. The van der Waals surface area contributed by atoms with Gasteiger partial charge in [-0.3, -0.25) is 4.79 Å². The normalized spacial score (nSPS) is 17.0. The molecule has 8 heteroatoms. The van der Waals surface area contributed by atoms with Crippen LogP contribution in [0.15, 0.2) is 30.5 Å². The average Bonchev–Trinajstić information content (AvgIpc) is 3.31. The number of hydrogen-bond acceptors (Lipinski definition) is 6. The van der Waals surface area contributed by atoms with Crippen molar-refractivity contribution >= 4 is 27.3 Å². The fourth-order valence-electron chi connectivity index (χ4n) is 3.62. The SMILES string of the molecule is COCCCNC(=O)[C@@H]1CCCN(c2nn3cc(-c4ccc(C)cc4)nc3s2)C1. The molecule has 0 saturated carbocycles. The first-order valence-electron chi connectivity index (χ1n) is 10.1. The van der Waals surface area contributed by atoms with Crippen molar-refractivity contribution in [1.29, 1.82) is 0 Å². The second kappa shape index (κ2) is 8.92. The van der Waals surface area contributed by atoms with Crippen molar-refractivity contribution in [1.82, 2.24) is 19.9 Å². The molecule has 0 bridgehead atoms. The Kier molecular flexibility index (Phi) is 6.10. The minimum Gasteiger partial charge on any atom is -0.385 e. The maximum absolute atomic E-state index is 12.5. The number of amides is 1. The molecule has 0 radical (unpaired) electrons. The molecule has 1 aliphatic rings. The highest BCUT2D eigenvalue weighted by molar-refractivity contribution is 7.20. The minimum absolute atomic E-state index is 0.00522.